The van der Waals surface area contributed by atoms with Gasteiger partial charge in [-0.25, -0.2) is 0 Å². The summed E-state index contributed by atoms with van der Waals surface area (Å²) >= 11 is 1.28. The molecule has 0 aliphatic carbocycles. The maximum absolute atomic E-state index is 11.9. The molecule has 2 N–H and O–H groups in total. The van der Waals surface area contributed by atoms with E-state index in [9.17, 15) is 9.90 Å². The summed E-state index contributed by atoms with van der Waals surface area (Å²) in [5.41, 5.74) is 0.728. The lowest BCUT2D eigenvalue weighted by Gasteiger charge is -2.14. The van der Waals surface area contributed by atoms with Gasteiger partial charge in [0.2, 0.25) is 11.1 Å². The molecule has 0 bridgehead atoms. The Hall–Kier alpha value is -2.09. The minimum atomic E-state index is -0.0287. The number of hydrogen-bond donors (Lipinski definition) is 2. The molecule has 0 unspecified atom stereocenters. The molecule has 0 atom stereocenters. The first-order valence-electron chi connectivity index (χ1n) is 7.14. The number of tetrazole rings is 1. The summed E-state index contributed by atoms with van der Waals surface area (Å²) in [7, 11) is 0. The number of nitrogens with one attached hydrogen (secondary N) is 1. The van der Waals surface area contributed by atoms with Crippen LogP contribution in [-0.4, -0.2) is 43.0 Å². The molecule has 1 heterocycles. The maximum Gasteiger partial charge on any atom is 0.230 e. The molecule has 8 heteroatoms. The standard InChI is InChI=1S/C14H19N5O2S/c1-3-10(4-2)15-13(21)9-22-14-16-17-18-19(14)11-5-7-12(20)8-6-11/h5-8,10,20H,3-4,9H2,1-2H3,(H,15,21). The fraction of sp³-hybridized carbons (Fsp3) is 0.429. The highest BCUT2D eigenvalue weighted by atomic mass is 32.2. The maximum atomic E-state index is 11.9. The number of carbonyl (C=O) groups excluding carboxylic acids is 1. The number of hydrogen-bond acceptors (Lipinski definition) is 6. The monoisotopic (exact) mass is 321 g/mol. The Labute approximate surface area is 133 Å². The largest absolute Gasteiger partial charge is 0.508 e. The number of aromatic nitrogens is 4. The molecule has 0 radical (unpaired) electrons. The van der Waals surface area contributed by atoms with E-state index in [1.807, 2.05) is 13.8 Å². The summed E-state index contributed by atoms with van der Waals surface area (Å²) in [5, 5.41) is 24.3. The van der Waals surface area contributed by atoms with Crippen LogP contribution in [0.2, 0.25) is 0 Å². The highest BCUT2D eigenvalue weighted by molar-refractivity contribution is 7.99. The van der Waals surface area contributed by atoms with Crippen molar-refractivity contribution in [1.29, 1.82) is 0 Å². The molecule has 22 heavy (non-hydrogen) atoms. The lowest BCUT2D eigenvalue weighted by molar-refractivity contribution is -0.119. The van der Waals surface area contributed by atoms with Gasteiger partial charge in [-0.1, -0.05) is 25.6 Å². The first-order valence-corrected chi connectivity index (χ1v) is 8.12. The van der Waals surface area contributed by atoms with Gasteiger partial charge in [-0.2, -0.15) is 4.68 Å². The highest BCUT2D eigenvalue weighted by Gasteiger charge is 2.13. The first kappa shape index (κ1) is 16.3. The van der Waals surface area contributed by atoms with Crippen molar-refractivity contribution in [1.82, 2.24) is 25.5 Å². The van der Waals surface area contributed by atoms with Crippen molar-refractivity contribution < 1.29 is 9.90 Å². The molecule has 0 saturated heterocycles. The molecular weight excluding hydrogens is 302 g/mol. The van der Waals surface area contributed by atoms with Crippen molar-refractivity contribution in [2.75, 3.05) is 5.75 Å². The summed E-state index contributed by atoms with van der Waals surface area (Å²) < 4.78 is 1.54. The fourth-order valence-electron chi connectivity index (χ4n) is 1.92. The Morgan fingerprint density at radius 3 is 2.64 bits per heavy atom. The molecule has 0 fully saturated rings. The van der Waals surface area contributed by atoms with Crippen LogP contribution in [0.1, 0.15) is 26.7 Å². The van der Waals surface area contributed by atoms with E-state index in [0.29, 0.717) is 5.16 Å². The molecule has 0 aliphatic heterocycles. The number of rotatable bonds is 7. The van der Waals surface area contributed by atoms with Crippen molar-refractivity contribution in [2.45, 2.75) is 37.9 Å². The molecule has 1 aromatic carbocycles. The van der Waals surface area contributed by atoms with Crippen LogP contribution in [-0.2, 0) is 4.79 Å². The van der Waals surface area contributed by atoms with E-state index in [1.54, 1.807) is 24.3 Å². The van der Waals surface area contributed by atoms with Gasteiger partial charge >= 0.3 is 0 Å². The normalized spacial score (nSPS) is 10.9. The quantitative estimate of drug-likeness (QED) is 0.755. The molecule has 0 spiro atoms. The van der Waals surface area contributed by atoms with Gasteiger partial charge in [0.25, 0.3) is 0 Å². The van der Waals surface area contributed by atoms with Gasteiger partial charge in [-0.3, -0.25) is 4.79 Å². The third-order valence-electron chi connectivity index (χ3n) is 3.22. The zero-order valence-electron chi connectivity index (χ0n) is 12.6. The van der Waals surface area contributed by atoms with Crippen molar-refractivity contribution in [3.8, 4) is 11.4 Å². The first-order chi connectivity index (χ1) is 10.6. The van der Waals surface area contributed by atoms with Gasteiger partial charge in [-0.15, -0.1) is 5.10 Å². The number of amides is 1. The molecule has 7 nitrogen and oxygen atoms in total. The van der Waals surface area contributed by atoms with Crippen LogP contribution in [0.5, 0.6) is 5.75 Å². The Balaban J connectivity index is 1.98. The van der Waals surface area contributed by atoms with Crippen LogP contribution in [0.4, 0.5) is 0 Å². The lowest BCUT2D eigenvalue weighted by Crippen LogP contribution is -2.35. The second-order valence-electron chi connectivity index (χ2n) is 4.76. The Bertz CT molecular complexity index is 610. The Morgan fingerprint density at radius 1 is 1.32 bits per heavy atom. The Morgan fingerprint density at radius 2 is 2.00 bits per heavy atom. The van der Waals surface area contributed by atoms with Crippen molar-refractivity contribution >= 4 is 17.7 Å². The molecule has 118 valence electrons. The third-order valence-corrected chi connectivity index (χ3v) is 4.14. The molecule has 2 aromatic rings. The van der Waals surface area contributed by atoms with E-state index in [1.165, 1.54) is 16.4 Å². The molecule has 1 aromatic heterocycles. The van der Waals surface area contributed by atoms with Crippen LogP contribution < -0.4 is 5.32 Å². The number of carbonyl (C=O) groups is 1. The van der Waals surface area contributed by atoms with Crippen LogP contribution in [0, 0.1) is 0 Å². The predicted molar refractivity (Wildman–Crippen MR) is 84.1 cm³/mol. The highest BCUT2D eigenvalue weighted by Crippen LogP contribution is 2.19. The fourth-order valence-corrected chi connectivity index (χ4v) is 2.62. The minimum Gasteiger partial charge on any atom is -0.508 e. The minimum absolute atomic E-state index is 0.0287. The van der Waals surface area contributed by atoms with Crippen molar-refractivity contribution in [3.05, 3.63) is 24.3 Å². The average Bonchev–Trinajstić information content (AvgIpc) is 3.00. The van der Waals surface area contributed by atoms with E-state index in [2.05, 4.69) is 20.8 Å². The van der Waals surface area contributed by atoms with Crippen LogP contribution in [0.15, 0.2) is 29.4 Å². The molecule has 0 saturated carbocycles. The van der Waals surface area contributed by atoms with Gasteiger partial charge in [0, 0.05) is 6.04 Å². The topological polar surface area (TPSA) is 92.9 Å². The second-order valence-corrected chi connectivity index (χ2v) is 5.70. The average molecular weight is 321 g/mol. The third kappa shape index (κ3) is 4.20. The van der Waals surface area contributed by atoms with Crippen molar-refractivity contribution in [2.24, 2.45) is 0 Å². The van der Waals surface area contributed by atoms with Gasteiger partial charge in [-0.05, 0) is 47.5 Å². The summed E-state index contributed by atoms with van der Waals surface area (Å²) in [6, 6.07) is 6.75. The molecular formula is C14H19N5O2S. The molecule has 0 aliphatic rings. The van der Waals surface area contributed by atoms with Crippen LogP contribution in [0.3, 0.4) is 0 Å². The van der Waals surface area contributed by atoms with Crippen LogP contribution in [0.25, 0.3) is 5.69 Å². The smallest absolute Gasteiger partial charge is 0.230 e. The second kappa shape index (κ2) is 7.79. The van der Waals surface area contributed by atoms with E-state index in [0.717, 1.165) is 18.5 Å². The Kier molecular flexibility index (Phi) is 5.76. The number of phenols is 1. The zero-order chi connectivity index (χ0) is 15.9. The molecule has 1 amide bonds. The summed E-state index contributed by atoms with van der Waals surface area (Å²) in [4.78, 5) is 11.9. The number of nitrogens with zero attached hydrogens (tertiary/aromatic N) is 4. The van der Waals surface area contributed by atoms with Gasteiger partial charge < -0.3 is 10.4 Å². The summed E-state index contributed by atoms with van der Waals surface area (Å²) in [6.45, 7) is 4.10. The lowest BCUT2D eigenvalue weighted by atomic mass is 10.2. The number of aromatic hydroxyl groups is 1. The van der Waals surface area contributed by atoms with Gasteiger partial charge in [0.15, 0.2) is 0 Å². The van der Waals surface area contributed by atoms with Crippen molar-refractivity contribution in [3.63, 3.8) is 0 Å². The number of phenolic OH excluding ortho intramolecular Hbond substituents is 1. The van der Waals surface area contributed by atoms with E-state index in [4.69, 9.17) is 0 Å². The van der Waals surface area contributed by atoms with E-state index >= 15 is 0 Å². The van der Waals surface area contributed by atoms with Gasteiger partial charge in [0.1, 0.15) is 5.75 Å². The van der Waals surface area contributed by atoms with Crippen LogP contribution >= 0.6 is 11.8 Å². The van der Waals surface area contributed by atoms with E-state index < -0.39 is 0 Å². The van der Waals surface area contributed by atoms with Gasteiger partial charge in [0.05, 0.1) is 11.4 Å². The zero-order valence-corrected chi connectivity index (χ0v) is 13.4. The van der Waals surface area contributed by atoms with E-state index in [-0.39, 0.29) is 23.5 Å². The SMILES string of the molecule is CCC(CC)NC(=O)CSc1nnnn1-c1ccc(O)cc1. The number of thioether (sulfide) groups is 1. The predicted octanol–water partition coefficient (Wildman–Crippen LogP) is 1.76. The summed E-state index contributed by atoms with van der Waals surface area (Å²) in [6.07, 6.45) is 1.83. The molecule has 2 rings (SSSR count). The summed E-state index contributed by atoms with van der Waals surface area (Å²) in [5.74, 6) is 0.407. The number of benzene rings is 1.